The molecule has 29 heavy (non-hydrogen) atoms. The lowest BCUT2D eigenvalue weighted by molar-refractivity contribution is -0.124. The van der Waals surface area contributed by atoms with E-state index >= 15 is 0 Å². The SMILES string of the molecule is O=C(O/N=C(/C(=O)N1CCCCC1)S(=O)(=O)c1ccccc1)c1cccc(Cl)c1. The van der Waals surface area contributed by atoms with Crippen molar-refractivity contribution in [2.45, 2.75) is 24.2 Å². The van der Waals surface area contributed by atoms with E-state index in [9.17, 15) is 18.0 Å². The molecule has 0 saturated carbocycles. The van der Waals surface area contributed by atoms with E-state index in [1.807, 2.05) is 0 Å². The van der Waals surface area contributed by atoms with Crippen molar-refractivity contribution in [1.29, 1.82) is 0 Å². The van der Waals surface area contributed by atoms with Crippen LogP contribution in [0.5, 0.6) is 0 Å². The molecule has 0 radical (unpaired) electrons. The summed E-state index contributed by atoms with van der Waals surface area (Å²) in [6.07, 6.45) is 2.50. The monoisotopic (exact) mass is 434 g/mol. The summed E-state index contributed by atoms with van der Waals surface area (Å²) in [6, 6.07) is 13.4. The van der Waals surface area contributed by atoms with Crippen LogP contribution in [-0.4, -0.2) is 43.3 Å². The van der Waals surface area contributed by atoms with Crippen molar-refractivity contribution >= 4 is 38.4 Å². The average Bonchev–Trinajstić information content (AvgIpc) is 2.74. The summed E-state index contributed by atoms with van der Waals surface area (Å²) in [5.74, 6) is -1.70. The molecule has 0 atom stereocenters. The molecule has 1 saturated heterocycles. The zero-order valence-electron chi connectivity index (χ0n) is 15.5. The summed E-state index contributed by atoms with van der Waals surface area (Å²) in [5.41, 5.74) is 0.0862. The van der Waals surface area contributed by atoms with Gasteiger partial charge in [0, 0.05) is 18.1 Å². The Morgan fingerprint density at radius 1 is 0.966 bits per heavy atom. The predicted molar refractivity (Wildman–Crippen MR) is 108 cm³/mol. The van der Waals surface area contributed by atoms with Gasteiger partial charge in [0.15, 0.2) is 0 Å². The van der Waals surface area contributed by atoms with Gasteiger partial charge < -0.3 is 9.74 Å². The first-order valence-corrected chi connectivity index (χ1v) is 10.9. The molecule has 9 heteroatoms. The molecule has 7 nitrogen and oxygen atoms in total. The highest BCUT2D eigenvalue weighted by molar-refractivity contribution is 8.08. The van der Waals surface area contributed by atoms with Crippen LogP contribution in [0.3, 0.4) is 0 Å². The van der Waals surface area contributed by atoms with E-state index in [1.165, 1.54) is 41.3 Å². The molecule has 0 aromatic heterocycles. The Kier molecular flexibility index (Phi) is 6.66. The first-order valence-electron chi connectivity index (χ1n) is 9.04. The van der Waals surface area contributed by atoms with E-state index < -0.39 is 26.8 Å². The fourth-order valence-electron chi connectivity index (χ4n) is 2.90. The lowest BCUT2D eigenvalue weighted by atomic mass is 10.1. The molecule has 0 aliphatic carbocycles. The number of piperidine rings is 1. The Labute approximate surface area is 173 Å². The highest BCUT2D eigenvalue weighted by Crippen LogP contribution is 2.18. The Morgan fingerprint density at radius 2 is 1.66 bits per heavy atom. The van der Waals surface area contributed by atoms with E-state index in [0.717, 1.165) is 19.3 Å². The molecule has 0 bridgehead atoms. The largest absolute Gasteiger partial charge is 0.365 e. The Hall–Kier alpha value is -2.71. The van der Waals surface area contributed by atoms with Crippen molar-refractivity contribution < 1.29 is 22.8 Å². The van der Waals surface area contributed by atoms with Crippen LogP contribution in [0.15, 0.2) is 64.6 Å². The molecule has 3 rings (SSSR count). The fourth-order valence-corrected chi connectivity index (χ4v) is 4.32. The molecule has 1 heterocycles. The molecule has 2 aromatic rings. The first-order chi connectivity index (χ1) is 13.9. The normalized spacial score (nSPS) is 15.1. The number of hydrogen-bond donors (Lipinski definition) is 0. The molecule has 1 aliphatic heterocycles. The maximum absolute atomic E-state index is 13.0. The molecule has 0 N–H and O–H groups in total. The molecule has 1 amide bonds. The minimum atomic E-state index is -4.28. The van der Waals surface area contributed by atoms with Crippen LogP contribution in [0.4, 0.5) is 0 Å². The fraction of sp³-hybridized carbons (Fsp3) is 0.250. The number of oxime groups is 1. The van der Waals surface area contributed by atoms with Gasteiger partial charge >= 0.3 is 5.97 Å². The van der Waals surface area contributed by atoms with E-state index in [0.29, 0.717) is 18.1 Å². The van der Waals surface area contributed by atoms with Crippen LogP contribution in [-0.2, 0) is 19.5 Å². The number of rotatable bonds is 3. The number of sulfone groups is 1. The molecule has 2 aromatic carbocycles. The summed E-state index contributed by atoms with van der Waals surface area (Å²) in [7, 11) is -4.28. The third-order valence-corrected chi connectivity index (χ3v) is 6.29. The molecular weight excluding hydrogens is 416 g/mol. The predicted octanol–water partition coefficient (Wildman–Crippen LogP) is 3.30. The number of nitrogens with zero attached hydrogens (tertiary/aromatic N) is 2. The second kappa shape index (κ2) is 9.19. The van der Waals surface area contributed by atoms with Crippen molar-refractivity contribution in [3.63, 3.8) is 0 Å². The molecule has 0 spiro atoms. The van der Waals surface area contributed by atoms with Crippen molar-refractivity contribution in [2.75, 3.05) is 13.1 Å². The molecule has 1 aliphatic rings. The van der Waals surface area contributed by atoms with E-state index in [-0.39, 0.29) is 10.5 Å². The van der Waals surface area contributed by atoms with Crippen molar-refractivity contribution in [1.82, 2.24) is 4.90 Å². The summed E-state index contributed by atoms with van der Waals surface area (Å²) >= 11 is 5.86. The van der Waals surface area contributed by atoms with E-state index in [4.69, 9.17) is 16.4 Å². The van der Waals surface area contributed by atoms with Gasteiger partial charge in [0.2, 0.25) is 9.84 Å². The lowest BCUT2D eigenvalue weighted by Crippen LogP contribution is -2.43. The van der Waals surface area contributed by atoms with Gasteiger partial charge in [-0.1, -0.05) is 41.0 Å². The third kappa shape index (κ3) is 5.02. The highest BCUT2D eigenvalue weighted by Gasteiger charge is 2.34. The summed E-state index contributed by atoms with van der Waals surface area (Å²) in [6.45, 7) is 0.842. The van der Waals surface area contributed by atoms with Gasteiger partial charge in [-0.2, -0.15) is 0 Å². The molecule has 1 fully saturated rings. The Bertz CT molecular complexity index is 1030. The lowest BCUT2D eigenvalue weighted by Gasteiger charge is -2.26. The van der Waals surface area contributed by atoms with Gasteiger partial charge in [-0.3, -0.25) is 4.79 Å². The standard InChI is InChI=1S/C20H19ClN2O5S/c21-16-9-7-8-15(14-16)20(25)28-22-18(19(24)23-12-5-2-6-13-23)29(26,27)17-10-3-1-4-11-17/h1,3-4,7-11,14H,2,5-6,12-13H2/b22-18-. The number of hydrogen-bond acceptors (Lipinski definition) is 6. The van der Waals surface area contributed by atoms with Gasteiger partial charge in [-0.15, -0.1) is 0 Å². The van der Waals surface area contributed by atoms with E-state index in [2.05, 4.69) is 5.16 Å². The smallest absolute Gasteiger partial charge is 0.337 e. The van der Waals surface area contributed by atoms with E-state index in [1.54, 1.807) is 18.2 Å². The Balaban J connectivity index is 1.94. The van der Waals surface area contributed by atoms with Crippen LogP contribution >= 0.6 is 11.6 Å². The third-order valence-electron chi connectivity index (χ3n) is 4.41. The number of halogens is 1. The van der Waals surface area contributed by atoms with Gasteiger partial charge in [0.05, 0.1) is 10.5 Å². The van der Waals surface area contributed by atoms with Crippen LogP contribution < -0.4 is 0 Å². The van der Waals surface area contributed by atoms with Crippen LogP contribution in [0, 0.1) is 0 Å². The van der Waals surface area contributed by atoms with Gasteiger partial charge in [-0.25, -0.2) is 13.2 Å². The minimum Gasteiger partial charge on any atom is -0.337 e. The minimum absolute atomic E-state index is 0.0862. The van der Waals surface area contributed by atoms with Gasteiger partial charge in [0.25, 0.3) is 11.0 Å². The zero-order chi connectivity index (χ0) is 20.9. The highest BCUT2D eigenvalue weighted by atomic mass is 35.5. The summed E-state index contributed by atoms with van der Waals surface area (Å²) < 4.78 is 26.1. The van der Waals surface area contributed by atoms with Crippen molar-refractivity contribution in [3.05, 3.63) is 65.2 Å². The molecular formula is C20H19ClN2O5S. The number of carbonyl (C=O) groups is 2. The second-order valence-electron chi connectivity index (χ2n) is 6.45. The van der Waals surface area contributed by atoms with Crippen molar-refractivity contribution in [2.24, 2.45) is 5.16 Å². The van der Waals surface area contributed by atoms with Gasteiger partial charge in [0.1, 0.15) is 0 Å². The number of carbonyl (C=O) groups excluding carboxylic acids is 2. The van der Waals surface area contributed by atoms with Crippen molar-refractivity contribution in [3.8, 4) is 0 Å². The second-order valence-corrected chi connectivity index (χ2v) is 8.76. The topological polar surface area (TPSA) is 93.1 Å². The molecule has 152 valence electrons. The number of amides is 1. The average molecular weight is 435 g/mol. The van der Waals surface area contributed by atoms with Crippen LogP contribution in [0.1, 0.15) is 29.6 Å². The Morgan fingerprint density at radius 3 is 2.31 bits per heavy atom. The quantitative estimate of drug-likeness (QED) is 0.320. The zero-order valence-corrected chi connectivity index (χ0v) is 17.0. The maximum atomic E-state index is 13.0. The summed E-state index contributed by atoms with van der Waals surface area (Å²) in [5, 5.41) is 2.99. The van der Waals surface area contributed by atoms with Crippen LogP contribution in [0.25, 0.3) is 0 Å². The van der Waals surface area contributed by atoms with Crippen LogP contribution in [0.2, 0.25) is 5.02 Å². The van der Waals surface area contributed by atoms with Gasteiger partial charge in [-0.05, 0) is 49.6 Å². The number of likely N-dealkylation sites (tertiary alicyclic amines) is 1. The maximum Gasteiger partial charge on any atom is 0.365 e. The summed E-state index contributed by atoms with van der Waals surface area (Å²) in [4.78, 5) is 31.3. The first kappa shape index (κ1) is 21.0. The molecule has 0 unspecified atom stereocenters. The number of benzene rings is 2.